The van der Waals surface area contributed by atoms with Crippen molar-refractivity contribution in [2.75, 3.05) is 40.3 Å². The second kappa shape index (κ2) is 4.42. The van der Waals surface area contributed by atoms with Gasteiger partial charge in [-0.05, 0) is 7.05 Å². The zero-order valence-corrected chi connectivity index (χ0v) is 7.67. The molecule has 0 amide bonds. The molecule has 1 saturated heterocycles. The first kappa shape index (κ1) is 9.48. The quantitative estimate of drug-likeness (QED) is 0.532. The largest absolute Gasteiger partial charge is 0.469 e. The second-order valence-corrected chi connectivity index (χ2v) is 3.19. The molecule has 12 heavy (non-hydrogen) atoms. The predicted octanol–water partition coefficient (Wildman–Crippen LogP) is -0.689. The van der Waals surface area contributed by atoms with Crippen molar-refractivity contribution in [2.45, 2.75) is 0 Å². The summed E-state index contributed by atoms with van der Waals surface area (Å²) in [5.41, 5.74) is 0. The van der Waals surface area contributed by atoms with E-state index >= 15 is 0 Å². The average molecular weight is 172 g/mol. The maximum absolute atomic E-state index is 11.2. The van der Waals surface area contributed by atoms with Crippen molar-refractivity contribution in [3.8, 4) is 0 Å². The number of rotatable bonds is 1. The number of hydrogen-bond donors (Lipinski definition) is 1. The molecule has 1 rings (SSSR count). The lowest BCUT2D eigenvalue weighted by molar-refractivity contribution is -0.145. The molecule has 0 aliphatic carbocycles. The number of esters is 1. The highest BCUT2D eigenvalue weighted by atomic mass is 16.5. The summed E-state index contributed by atoms with van der Waals surface area (Å²) in [5, 5.41) is 3.20. The topological polar surface area (TPSA) is 41.6 Å². The van der Waals surface area contributed by atoms with Crippen LogP contribution >= 0.6 is 0 Å². The highest BCUT2D eigenvalue weighted by molar-refractivity contribution is 5.72. The summed E-state index contributed by atoms with van der Waals surface area (Å²) in [6.45, 7) is 3.47. The number of nitrogens with one attached hydrogen (secondary N) is 1. The summed E-state index contributed by atoms with van der Waals surface area (Å²) in [5.74, 6) is -0.126. The molecule has 1 unspecified atom stereocenters. The summed E-state index contributed by atoms with van der Waals surface area (Å²) in [6.07, 6.45) is 0. The van der Waals surface area contributed by atoms with Crippen molar-refractivity contribution in [3.05, 3.63) is 0 Å². The molecule has 1 N–H and O–H groups in total. The fourth-order valence-electron chi connectivity index (χ4n) is 1.40. The Morgan fingerprint density at radius 2 is 2.42 bits per heavy atom. The van der Waals surface area contributed by atoms with Crippen molar-refractivity contribution in [3.63, 3.8) is 0 Å². The van der Waals surface area contributed by atoms with Crippen LogP contribution in [0.5, 0.6) is 0 Å². The lowest BCUT2D eigenvalue weighted by Crippen LogP contribution is -2.32. The molecule has 0 radical (unpaired) electrons. The van der Waals surface area contributed by atoms with Gasteiger partial charge in [-0.3, -0.25) is 4.79 Å². The number of methoxy groups -OCH3 is 1. The molecular formula is C8H16N2O2. The third-order valence-corrected chi connectivity index (χ3v) is 2.13. The minimum atomic E-state index is -0.115. The van der Waals surface area contributed by atoms with Gasteiger partial charge in [0.2, 0.25) is 0 Å². The SMILES string of the molecule is COC(=O)C1CNCCN(C)C1. The minimum Gasteiger partial charge on any atom is -0.469 e. The lowest BCUT2D eigenvalue weighted by Gasteiger charge is -2.16. The van der Waals surface area contributed by atoms with E-state index in [9.17, 15) is 4.79 Å². The Morgan fingerprint density at radius 1 is 1.67 bits per heavy atom. The molecule has 1 aliphatic rings. The van der Waals surface area contributed by atoms with Crippen molar-refractivity contribution >= 4 is 5.97 Å². The van der Waals surface area contributed by atoms with Gasteiger partial charge in [0.25, 0.3) is 0 Å². The fourth-order valence-corrected chi connectivity index (χ4v) is 1.40. The lowest BCUT2D eigenvalue weighted by atomic mass is 10.1. The average Bonchev–Trinajstić information content (AvgIpc) is 2.28. The molecular weight excluding hydrogens is 156 g/mol. The number of carbonyl (C=O) groups excluding carboxylic acids is 1. The summed E-state index contributed by atoms with van der Waals surface area (Å²) < 4.78 is 4.69. The van der Waals surface area contributed by atoms with Crippen LogP contribution in [-0.2, 0) is 9.53 Å². The van der Waals surface area contributed by atoms with Crippen LogP contribution in [0.2, 0.25) is 0 Å². The molecule has 0 aromatic heterocycles. The number of ether oxygens (including phenoxy) is 1. The van der Waals surface area contributed by atoms with Gasteiger partial charge in [0.1, 0.15) is 0 Å². The molecule has 0 spiro atoms. The normalized spacial score (nSPS) is 26.3. The summed E-state index contributed by atoms with van der Waals surface area (Å²) in [6, 6.07) is 0. The van der Waals surface area contributed by atoms with E-state index in [-0.39, 0.29) is 11.9 Å². The maximum Gasteiger partial charge on any atom is 0.311 e. The van der Waals surface area contributed by atoms with Crippen LogP contribution in [0.4, 0.5) is 0 Å². The minimum absolute atomic E-state index is 0.0116. The summed E-state index contributed by atoms with van der Waals surface area (Å²) in [7, 11) is 3.45. The standard InChI is InChI=1S/C8H16N2O2/c1-10-4-3-9-5-7(6-10)8(11)12-2/h7,9H,3-6H2,1-2H3. The second-order valence-electron chi connectivity index (χ2n) is 3.19. The van der Waals surface area contributed by atoms with Crippen LogP contribution in [-0.4, -0.2) is 51.2 Å². The molecule has 0 aromatic rings. The molecule has 70 valence electrons. The molecule has 0 aromatic carbocycles. The third-order valence-electron chi connectivity index (χ3n) is 2.13. The number of nitrogens with zero attached hydrogens (tertiary/aromatic N) is 1. The van der Waals surface area contributed by atoms with Gasteiger partial charge >= 0.3 is 5.97 Å². The van der Waals surface area contributed by atoms with Gasteiger partial charge in [-0.2, -0.15) is 0 Å². The first-order valence-electron chi connectivity index (χ1n) is 4.21. The Hall–Kier alpha value is -0.610. The van der Waals surface area contributed by atoms with E-state index in [0.717, 1.165) is 26.2 Å². The van der Waals surface area contributed by atoms with Crippen LogP contribution in [0.25, 0.3) is 0 Å². The van der Waals surface area contributed by atoms with Gasteiger partial charge < -0.3 is 15.0 Å². The number of likely N-dealkylation sites (N-methyl/N-ethyl adjacent to an activating group) is 1. The van der Waals surface area contributed by atoms with E-state index < -0.39 is 0 Å². The van der Waals surface area contributed by atoms with E-state index in [2.05, 4.69) is 15.0 Å². The van der Waals surface area contributed by atoms with Gasteiger partial charge in [0.05, 0.1) is 13.0 Å². The van der Waals surface area contributed by atoms with E-state index in [1.54, 1.807) is 0 Å². The molecule has 0 saturated carbocycles. The van der Waals surface area contributed by atoms with Gasteiger partial charge in [-0.15, -0.1) is 0 Å². The molecule has 0 bridgehead atoms. The van der Waals surface area contributed by atoms with Gasteiger partial charge in [-0.25, -0.2) is 0 Å². The Balaban J connectivity index is 2.46. The smallest absolute Gasteiger partial charge is 0.311 e. The molecule has 1 fully saturated rings. The number of carbonyl (C=O) groups is 1. The monoisotopic (exact) mass is 172 g/mol. The summed E-state index contributed by atoms with van der Waals surface area (Å²) >= 11 is 0. The van der Waals surface area contributed by atoms with Gasteiger partial charge in [0, 0.05) is 26.2 Å². The first-order valence-corrected chi connectivity index (χ1v) is 4.21. The van der Waals surface area contributed by atoms with Crippen LogP contribution in [0.1, 0.15) is 0 Å². The third kappa shape index (κ3) is 2.46. The highest BCUT2D eigenvalue weighted by Gasteiger charge is 2.22. The molecule has 1 atom stereocenters. The van der Waals surface area contributed by atoms with Crippen molar-refractivity contribution in [1.82, 2.24) is 10.2 Å². The Kier molecular flexibility index (Phi) is 3.49. The first-order chi connectivity index (χ1) is 5.74. The molecule has 1 heterocycles. The van der Waals surface area contributed by atoms with Crippen LogP contribution in [0, 0.1) is 5.92 Å². The Labute approximate surface area is 72.9 Å². The zero-order valence-electron chi connectivity index (χ0n) is 7.67. The Bertz CT molecular complexity index is 161. The van der Waals surface area contributed by atoms with Gasteiger partial charge in [-0.1, -0.05) is 0 Å². The van der Waals surface area contributed by atoms with E-state index in [1.807, 2.05) is 7.05 Å². The fraction of sp³-hybridized carbons (Fsp3) is 0.875. The Morgan fingerprint density at radius 3 is 3.08 bits per heavy atom. The summed E-state index contributed by atoms with van der Waals surface area (Å²) in [4.78, 5) is 13.3. The molecule has 4 heteroatoms. The van der Waals surface area contributed by atoms with Crippen molar-refractivity contribution in [2.24, 2.45) is 5.92 Å². The van der Waals surface area contributed by atoms with Crippen molar-refractivity contribution < 1.29 is 9.53 Å². The van der Waals surface area contributed by atoms with Crippen LogP contribution in [0.15, 0.2) is 0 Å². The van der Waals surface area contributed by atoms with E-state index in [1.165, 1.54) is 7.11 Å². The van der Waals surface area contributed by atoms with Crippen LogP contribution in [0.3, 0.4) is 0 Å². The molecule has 4 nitrogen and oxygen atoms in total. The predicted molar refractivity (Wildman–Crippen MR) is 45.9 cm³/mol. The van der Waals surface area contributed by atoms with Gasteiger partial charge in [0.15, 0.2) is 0 Å². The van der Waals surface area contributed by atoms with Crippen molar-refractivity contribution in [1.29, 1.82) is 0 Å². The maximum atomic E-state index is 11.2. The molecule has 1 aliphatic heterocycles. The van der Waals surface area contributed by atoms with E-state index in [0.29, 0.717) is 0 Å². The van der Waals surface area contributed by atoms with E-state index in [4.69, 9.17) is 0 Å². The highest BCUT2D eigenvalue weighted by Crippen LogP contribution is 2.03. The number of hydrogen-bond acceptors (Lipinski definition) is 4. The zero-order chi connectivity index (χ0) is 8.97. The van der Waals surface area contributed by atoms with Crippen LogP contribution < -0.4 is 5.32 Å².